The number of fused-ring (bicyclic) bond motifs is 1. The smallest absolute Gasteiger partial charge is 0.410 e. The Bertz CT molecular complexity index is 906. The number of ether oxygens (including phenoxy) is 1. The molecule has 0 spiro atoms. The summed E-state index contributed by atoms with van der Waals surface area (Å²) in [5.74, 6) is 1.36. The number of H-pyrrole nitrogens is 1. The summed E-state index contributed by atoms with van der Waals surface area (Å²) in [5, 5.41) is 4.92. The number of nitrogens with zero attached hydrogens (tertiary/aromatic N) is 4. The van der Waals surface area contributed by atoms with Crippen LogP contribution in [0.3, 0.4) is 0 Å². The highest BCUT2D eigenvalue weighted by Crippen LogP contribution is 2.29. The van der Waals surface area contributed by atoms with Crippen molar-refractivity contribution in [3.8, 4) is 0 Å². The normalized spacial score (nSPS) is 20.9. The van der Waals surface area contributed by atoms with Crippen molar-refractivity contribution in [3.05, 3.63) is 22.4 Å². The SMILES string of the molecule is CC(C)(C)OC(=O)N1CCC(n2ncc3c(=O)[nH]c(CC4CCC4)nc32)C1. The molecule has 1 N–H and O–H groups in total. The van der Waals surface area contributed by atoms with Crippen molar-refractivity contribution in [2.75, 3.05) is 13.1 Å². The van der Waals surface area contributed by atoms with Gasteiger partial charge in [0.05, 0.1) is 12.2 Å². The first-order valence-electron chi connectivity index (χ1n) is 9.74. The molecule has 2 fully saturated rings. The molecule has 4 rings (SSSR count). The summed E-state index contributed by atoms with van der Waals surface area (Å²) >= 11 is 0. The van der Waals surface area contributed by atoms with E-state index in [4.69, 9.17) is 9.72 Å². The van der Waals surface area contributed by atoms with Gasteiger partial charge in [0, 0.05) is 19.5 Å². The molecular weight excluding hydrogens is 346 g/mol. The Labute approximate surface area is 157 Å². The molecule has 27 heavy (non-hydrogen) atoms. The fourth-order valence-corrected chi connectivity index (χ4v) is 3.75. The van der Waals surface area contributed by atoms with Gasteiger partial charge in [0.1, 0.15) is 16.8 Å². The fourth-order valence-electron chi connectivity index (χ4n) is 3.75. The van der Waals surface area contributed by atoms with Crippen molar-refractivity contribution in [3.63, 3.8) is 0 Å². The summed E-state index contributed by atoms with van der Waals surface area (Å²) in [5.41, 5.74) is -0.0366. The van der Waals surface area contributed by atoms with Gasteiger partial charge in [-0.3, -0.25) is 4.79 Å². The number of amides is 1. The minimum absolute atomic E-state index is 0.000807. The number of hydrogen-bond acceptors (Lipinski definition) is 5. The number of carbonyl (C=O) groups is 1. The maximum atomic E-state index is 12.4. The van der Waals surface area contributed by atoms with Crippen LogP contribution < -0.4 is 5.56 Å². The maximum absolute atomic E-state index is 12.4. The number of carbonyl (C=O) groups excluding carboxylic acids is 1. The maximum Gasteiger partial charge on any atom is 0.410 e. The molecule has 1 saturated carbocycles. The molecule has 0 radical (unpaired) electrons. The molecule has 8 heteroatoms. The first kappa shape index (κ1) is 18.0. The van der Waals surface area contributed by atoms with E-state index in [0.29, 0.717) is 30.0 Å². The van der Waals surface area contributed by atoms with E-state index >= 15 is 0 Å². The van der Waals surface area contributed by atoms with E-state index in [-0.39, 0.29) is 17.7 Å². The van der Waals surface area contributed by atoms with Crippen LogP contribution >= 0.6 is 0 Å². The van der Waals surface area contributed by atoms with Gasteiger partial charge >= 0.3 is 6.09 Å². The Morgan fingerprint density at radius 2 is 2.11 bits per heavy atom. The molecule has 1 aliphatic carbocycles. The van der Waals surface area contributed by atoms with Crippen molar-refractivity contribution < 1.29 is 9.53 Å². The molecule has 2 aromatic heterocycles. The van der Waals surface area contributed by atoms with Crippen LogP contribution in [0.25, 0.3) is 11.0 Å². The third kappa shape index (κ3) is 3.70. The van der Waals surface area contributed by atoms with Crippen molar-refractivity contribution in [1.82, 2.24) is 24.6 Å². The van der Waals surface area contributed by atoms with Crippen LogP contribution in [0.1, 0.15) is 58.3 Å². The quantitative estimate of drug-likeness (QED) is 0.893. The highest BCUT2D eigenvalue weighted by Gasteiger charge is 2.32. The molecule has 0 bridgehead atoms. The number of rotatable bonds is 3. The molecule has 1 atom stereocenters. The van der Waals surface area contributed by atoms with Crippen LogP contribution in [0.2, 0.25) is 0 Å². The number of aromatic amines is 1. The third-order valence-electron chi connectivity index (χ3n) is 5.38. The van der Waals surface area contributed by atoms with Gasteiger partial charge in [0.15, 0.2) is 5.65 Å². The van der Waals surface area contributed by atoms with Gasteiger partial charge in [-0.15, -0.1) is 0 Å². The fraction of sp³-hybridized carbons (Fsp3) is 0.684. The molecule has 8 nitrogen and oxygen atoms in total. The summed E-state index contributed by atoms with van der Waals surface area (Å²) in [6.45, 7) is 6.70. The van der Waals surface area contributed by atoms with Crippen LogP contribution in [0.4, 0.5) is 4.79 Å². The Hall–Kier alpha value is -2.38. The van der Waals surface area contributed by atoms with Crippen molar-refractivity contribution in [2.45, 2.75) is 64.5 Å². The number of nitrogens with one attached hydrogen (secondary N) is 1. The van der Waals surface area contributed by atoms with Gasteiger partial charge in [-0.05, 0) is 33.1 Å². The van der Waals surface area contributed by atoms with Gasteiger partial charge < -0.3 is 14.6 Å². The Balaban J connectivity index is 1.55. The molecule has 1 aliphatic heterocycles. The Kier molecular flexibility index (Phi) is 4.44. The van der Waals surface area contributed by atoms with Crippen LogP contribution in [0.15, 0.2) is 11.0 Å². The van der Waals surface area contributed by atoms with Crippen molar-refractivity contribution in [1.29, 1.82) is 0 Å². The lowest BCUT2D eigenvalue weighted by atomic mass is 9.83. The summed E-state index contributed by atoms with van der Waals surface area (Å²) in [6.07, 6.45) is 6.51. The monoisotopic (exact) mass is 373 g/mol. The third-order valence-corrected chi connectivity index (χ3v) is 5.38. The second-order valence-electron chi connectivity index (χ2n) is 8.71. The summed E-state index contributed by atoms with van der Waals surface area (Å²) < 4.78 is 7.27. The van der Waals surface area contributed by atoms with E-state index in [9.17, 15) is 9.59 Å². The first-order valence-corrected chi connectivity index (χ1v) is 9.74. The molecule has 1 unspecified atom stereocenters. The zero-order chi connectivity index (χ0) is 19.2. The average Bonchev–Trinajstić information content (AvgIpc) is 3.15. The average molecular weight is 373 g/mol. The van der Waals surface area contributed by atoms with Crippen molar-refractivity contribution in [2.24, 2.45) is 5.92 Å². The molecule has 2 aliphatic rings. The van der Waals surface area contributed by atoms with E-state index in [1.807, 2.05) is 20.8 Å². The van der Waals surface area contributed by atoms with Crippen molar-refractivity contribution >= 4 is 17.1 Å². The molecule has 146 valence electrons. The van der Waals surface area contributed by atoms with Gasteiger partial charge in [0.2, 0.25) is 0 Å². The largest absolute Gasteiger partial charge is 0.444 e. The molecule has 2 aromatic rings. The first-order chi connectivity index (χ1) is 12.8. The minimum atomic E-state index is -0.515. The van der Waals surface area contributed by atoms with Crippen LogP contribution in [-0.4, -0.2) is 49.4 Å². The number of likely N-dealkylation sites (tertiary alicyclic amines) is 1. The lowest BCUT2D eigenvalue weighted by Crippen LogP contribution is -2.35. The molecular formula is C19H27N5O3. The van der Waals surface area contributed by atoms with Gasteiger partial charge in [-0.25, -0.2) is 14.5 Å². The van der Waals surface area contributed by atoms with E-state index in [2.05, 4.69) is 10.1 Å². The summed E-state index contributed by atoms with van der Waals surface area (Å²) in [4.78, 5) is 34.0. The zero-order valence-electron chi connectivity index (χ0n) is 16.2. The lowest BCUT2D eigenvalue weighted by Gasteiger charge is -2.24. The predicted octanol–water partition coefficient (Wildman–Crippen LogP) is 2.64. The topological polar surface area (TPSA) is 93.1 Å². The predicted molar refractivity (Wildman–Crippen MR) is 101 cm³/mol. The minimum Gasteiger partial charge on any atom is -0.444 e. The molecule has 1 amide bonds. The number of hydrogen-bond donors (Lipinski definition) is 1. The Morgan fingerprint density at radius 1 is 1.33 bits per heavy atom. The van der Waals surface area contributed by atoms with E-state index in [1.54, 1.807) is 15.8 Å². The molecule has 0 aromatic carbocycles. The van der Waals surface area contributed by atoms with Crippen LogP contribution in [0, 0.1) is 5.92 Å². The molecule has 3 heterocycles. The zero-order valence-corrected chi connectivity index (χ0v) is 16.2. The van der Waals surface area contributed by atoms with Crippen LogP contribution in [-0.2, 0) is 11.2 Å². The highest BCUT2D eigenvalue weighted by molar-refractivity contribution is 5.73. The molecule has 1 saturated heterocycles. The van der Waals surface area contributed by atoms with Crippen LogP contribution in [0.5, 0.6) is 0 Å². The standard InChI is InChI=1S/C19H27N5O3/c1-19(2,3)27-18(26)23-8-7-13(11-23)24-16-14(10-20-24)17(25)22-15(21-16)9-12-5-4-6-12/h10,12-13H,4-9,11H2,1-3H3,(H,21,22,25). The van der Waals surface area contributed by atoms with E-state index < -0.39 is 5.60 Å². The Morgan fingerprint density at radius 3 is 2.78 bits per heavy atom. The lowest BCUT2D eigenvalue weighted by molar-refractivity contribution is 0.0288. The van der Waals surface area contributed by atoms with Gasteiger partial charge in [0.25, 0.3) is 5.56 Å². The highest BCUT2D eigenvalue weighted by atomic mass is 16.6. The van der Waals surface area contributed by atoms with E-state index in [0.717, 1.165) is 18.7 Å². The second kappa shape index (κ2) is 6.65. The summed E-state index contributed by atoms with van der Waals surface area (Å²) in [7, 11) is 0. The number of aromatic nitrogens is 4. The second-order valence-corrected chi connectivity index (χ2v) is 8.71. The summed E-state index contributed by atoms with van der Waals surface area (Å²) in [6, 6.07) is 0.000807. The van der Waals surface area contributed by atoms with E-state index in [1.165, 1.54) is 19.3 Å². The van der Waals surface area contributed by atoms with Gasteiger partial charge in [-0.2, -0.15) is 5.10 Å². The van der Waals surface area contributed by atoms with Gasteiger partial charge in [-0.1, -0.05) is 19.3 Å².